The molecule has 0 amide bonds. The monoisotopic (exact) mass is 764 g/mol. The lowest BCUT2D eigenvalue weighted by Gasteiger charge is -2.22. The summed E-state index contributed by atoms with van der Waals surface area (Å²) >= 11 is 0. The fourth-order valence-electron chi connectivity index (χ4n) is 10.0. The molecule has 2 heteroatoms. The van der Waals surface area contributed by atoms with Crippen molar-refractivity contribution in [1.82, 2.24) is 9.55 Å². The zero-order valence-corrected chi connectivity index (χ0v) is 33.5. The molecule has 0 unspecified atom stereocenters. The lowest BCUT2D eigenvalue weighted by atomic mass is 9.82. The van der Waals surface area contributed by atoms with E-state index in [-0.39, 0.29) is 5.41 Å². The number of nitrogens with zero attached hydrogens (tertiary/aromatic N) is 2. The van der Waals surface area contributed by atoms with Gasteiger partial charge in [-0.2, -0.15) is 0 Å². The zero-order chi connectivity index (χ0) is 40.0. The fourth-order valence-corrected chi connectivity index (χ4v) is 10.0. The van der Waals surface area contributed by atoms with Crippen LogP contribution in [0.4, 0.5) is 0 Å². The normalized spacial score (nSPS) is 13.0. The predicted molar refractivity (Wildman–Crippen MR) is 253 cm³/mol. The molecule has 11 aromatic rings. The Balaban J connectivity index is 1.14. The highest BCUT2D eigenvalue weighted by Crippen LogP contribution is 2.50. The molecule has 0 bridgehead atoms. The van der Waals surface area contributed by atoms with Gasteiger partial charge in [0.2, 0.25) is 0 Å². The van der Waals surface area contributed by atoms with Crippen LogP contribution in [0.2, 0.25) is 0 Å². The van der Waals surface area contributed by atoms with Crippen molar-refractivity contribution in [3.8, 4) is 61.6 Å². The predicted octanol–water partition coefficient (Wildman–Crippen LogP) is 15.5. The van der Waals surface area contributed by atoms with Crippen LogP contribution in [-0.4, -0.2) is 9.55 Å². The molecule has 0 radical (unpaired) electrons. The molecule has 0 spiro atoms. The van der Waals surface area contributed by atoms with Crippen molar-refractivity contribution in [3.63, 3.8) is 0 Å². The second kappa shape index (κ2) is 13.2. The molecule has 1 aliphatic carbocycles. The lowest BCUT2D eigenvalue weighted by Crippen LogP contribution is -2.14. The highest BCUT2D eigenvalue weighted by atomic mass is 15.0. The molecular weight excluding hydrogens is 725 g/mol. The maximum absolute atomic E-state index is 5.61. The van der Waals surface area contributed by atoms with E-state index < -0.39 is 0 Å². The largest absolute Gasteiger partial charge is 0.309 e. The number of hydrogen-bond acceptors (Lipinski definition) is 1. The number of benzene rings is 9. The van der Waals surface area contributed by atoms with Gasteiger partial charge in [-0.3, -0.25) is 0 Å². The van der Waals surface area contributed by atoms with Crippen molar-refractivity contribution in [3.05, 3.63) is 217 Å². The number of aromatic nitrogens is 2. The second-order valence-corrected chi connectivity index (χ2v) is 16.8. The average Bonchev–Trinajstić information content (AvgIpc) is 3.77. The van der Waals surface area contributed by atoms with Gasteiger partial charge in [-0.25, -0.2) is 4.98 Å². The summed E-state index contributed by atoms with van der Waals surface area (Å²) in [5.74, 6) is 0. The van der Waals surface area contributed by atoms with Crippen molar-refractivity contribution in [2.45, 2.75) is 19.3 Å². The van der Waals surface area contributed by atoms with Crippen LogP contribution in [0.5, 0.6) is 0 Å². The van der Waals surface area contributed by atoms with Gasteiger partial charge in [0.05, 0.1) is 22.4 Å². The third-order valence-electron chi connectivity index (χ3n) is 12.9. The Morgan fingerprint density at radius 2 is 0.933 bits per heavy atom. The van der Waals surface area contributed by atoms with E-state index in [1.807, 2.05) is 0 Å². The Morgan fingerprint density at radius 1 is 0.350 bits per heavy atom. The molecule has 60 heavy (non-hydrogen) atoms. The van der Waals surface area contributed by atoms with Gasteiger partial charge in [0.15, 0.2) is 0 Å². The van der Waals surface area contributed by atoms with Gasteiger partial charge in [-0.05, 0) is 121 Å². The maximum atomic E-state index is 5.61. The molecule has 2 heterocycles. The summed E-state index contributed by atoms with van der Waals surface area (Å²) in [5.41, 5.74) is 17.4. The smallest absolute Gasteiger partial charge is 0.0716 e. The van der Waals surface area contributed by atoms with E-state index in [2.05, 4.69) is 225 Å². The van der Waals surface area contributed by atoms with Crippen LogP contribution in [0.1, 0.15) is 25.0 Å². The van der Waals surface area contributed by atoms with Gasteiger partial charge in [-0.1, -0.05) is 166 Å². The van der Waals surface area contributed by atoms with E-state index >= 15 is 0 Å². The quantitative estimate of drug-likeness (QED) is 0.160. The van der Waals surface area contributed by atoms with Crippen LogP contribution < -0.4 is 0 Å². The first kappa shape index (κ1) is 34.5. The summed E-state index contributed by atoms with van der Waals surface area (Å²) < 4.78 is 2.43. The van der Waals surface area contributed by atoms with Crippen molar-refractivity contribution >= 4 is 43.4 Å². The topological polar surface area (TPSA) is 17.8 Å². The Morgan fingerprint density at radius 3 is 1.70 bits per heavy atom. The fraction of sp³-hybridized carbons (Fsp3) is 0.0517. The molecule has 0 N–H and O–H groups in total. The minimum absolute atomic E-state index is 0.115. The van der Waals surface area contributed by atoms with Gasteiger partial charge in [0.1, 0.15) is 0 Å². The van der Waals surface area contributed by atoms with E-state index in [0.29, 0.717) is 0 Å². The van der Waals surface area contributed by atoms with Gasteiger partial charge in [0.25, 0.3) is 0 Å². The highest BCUT2D eigenvalue weighted by molar-refractivity contribution is 6.14. The van der Waals surface area contributed by atoms with E-state index in [1.165, 1.54) is 71.2 Å². The summed E-state index contributed by atoms with van der Waals surface area (Å²) in [6.07, 6.45) is 0. The second-order valence-electron chi connectivity index (χ2n) is 16.8. The van der Waals surface area contributed by atoms with Gasteiger partial charge in [-0.15, -0.1) is 0 Å². The third kappa shape index (κ3) is 5.31. The number of pyridine rings is 1. The Hall–Kier alpha value is -7.55. The van der Waals surface area contributed by atoms with E-state index in [4.69, 9.17) is 4.98 Å². The molecule has 0 saturated heterocycles. The molecule has 0 aliphatic heterocycles. The molecule has 0 saturated carbocycles. The minimum atomic E-state index is -0.115. The van der Waals surface area contributed by atoms with Crippen LogP contribution in [-0.2, 0) is 5.41 Å². The van der Waals surface area contributed by atoms with Crippen LogP contribution in [0.3, 0.4) is 0 Å². The Bertz CT molecular complexity index is 3460. The Labute approximate surface area is 349 Å². The molecule has 12 rings (SSSR count). The SMILES string of the molecule is CC1(C)c2ccccc2-c2ccc(-c3cc(-c4ccccc4)cc(-c4cc(-c5cc6ccccc6c6ccccc56)cc(-n5c6ccccc6c6ccccc65)c4)n3)cc21. The Kier molecular flexibility index (Phi) is 7.61. The van der Waals surface area contributed by atoms with E-state index in [1.54, 1.807) is 0 Å². The molecular formula is C58H40N2. The zero-order valence-electron chi connectivity index (χ0n) is 33.5. The molecule has 0 fully saturated rings. The summed E-state index contributed by atoms with van der Waals surface area (Å²) in [6, 6.07) is 75.6. The summed E-state index contributed by atoms with van der Waals surface area (Å²) in [4.78, 5) is 5.61. The standard InChI is InChI=1S/C58H40N2/c1-58(2)52-25-13-10-22-47(52)48-29-28-39(34-53(48)58)54-35-40(37-16-4-3-5-17-37)36-55(59-54)42-30-41(51-33-38-18-6-7-19-44(38)45-20-8-9-21-46(45)51)31-43(32-42)60-56-26-14-11-23-49(56)50-24-12-15-27-57(50)60/h3-36H,1-2H3. The van der Waals surface area contributed by atoms with Crippen LogP contribution in [0.25, 0.3) is 105 Å². The van der Waals surface area contributed by atoms with E-state index in [9.17, 15) is 0 Å². The first-order chi connectivity index (χ1) is 29.5. The first-order valence-electron chi connectivity index (χ1n) is 20.9. The van der Waals surface area contributed by atoms with Crippen LogP contribution >= 0.6 is 0 Å². The lowest BCUT2D eigenvalue weighted by molar-refractivity contribution is 0.660. The third-order valence-corrected chi connectivity index (χ3v) is 12.9. The molecule has 2 nitrogen and oxygen atoms in total. The van der Waals surface area contributed by atoms with Gasteiger partial charge >= 0.3 is 0 Å². The summed E-state index contributed by atoms with van der Waals surface area (Å²) in [7, 11) is 0. The average molecular weight is 765 g/mol. The molecule has 282 valence electrons. The molecule has 9 aromatic carbocycles. The molecule has 2 aromatic heterocycles. The first-order valence-corrected chi connectivity index (χ1v) is 20.9. The number of rotatable bonds is 5. The van der Waals surface area contributed by atoms with E-state index in [0.717, 1.165) is 44.9 Å². The highest BCUT2D eigenvalue weighted by Gasteiger charge is 2.35. The molecule has 1 aliphatic rings. The minimum Gasteiger partial charge on any atom is -0.309 e. The summed E-state index contributed by atoms with van der Waals surface area (Å²) in [6.45, 7) is 4.69. The molecule has 0 atom stereocenters. The van der Waals surface area contributed by atoms with Gasteiger partial charge in [0, 0.05) is 33.0 Å². The van der Waals surface area contributed by atoms with Crippen LogP contribution in [0, 0.1) is 0 Å². The van der Waals surface area contributed by atoms with Crippen molar-refractivity contribution in [2.75, 3.05) is 0 Å². The van der Waals surface area contributed by atoms with Crippen molar-refractivity contribution in [1.29, 1.82) is 0 Å². The van der Waals surface area contributed by atoms with Crippen molar-refractivity contribution < 1.29 is 0 Å². The maximum Gasteiger partial charge on any atom is 0.0716 e. The van der Waals surface area contributed by atoms with Gasteiger partial charge < -0.3 is 4.57 Å². The number of hydrogen-bond donors (Lipinski definition) is 0. The summed E-state index contributed by atoms with van der Waals surface area (Å²) in [5, 5.41) is 7.45. The number of para-hydroxylation sites is 2. The number of fused-ring (bicyclic) bond motifs is 9. The van der Waals surface area contributed by atoms with Crippen molar-refractivity contribution in [2.24, 2.45) is 0 Å². The van der Waals surface area contributed by atoms with Crippen LogP contribution in [0.15, 0.2) is 206 Å².